The predicted octanol–water partition coefficient (Wildman–Crippen LogP) is 1.34. The summed E-state index contributed by atoms with van der Waals surface area (Å²) in [5, 5.41) is 5.70. The van der Waals surface area contributed by atoms with Gasteiger partial charge < -0.3 is 10.2 Å². The zero-order chi connectivity index (χ0) is 18.2. The van der Waals surface area contributed by atoms with Crippen LogP contribution in [-0.2, 0) is 6.18 Å². The summed E-state index contributed by atoms with van der Waals surface area (Å²) in [5.74, 6) is -0.208. The van der Waals surface area contributed by atoms with Gasteiger partial charge in [-0.25, -0.2) is 4.98 Å². The van der Waals surface area contributed by atoms with Crippen LogP contribution in [0.1, 0.15) is 5.56 Å². The predicted molar refractivity (Wildman–Crippen MR) is 86.5 cm³/mol. The molecule has 2 aromatic rings. The van der Waals surface area contributed by atoms with Crippen molar-refractivity contribution >= 4 is 28.9 Å². The third-order valence-electron chi connectivity index (χ3n) is 3.80. The molecular formula is C14H13Cl2F3N5O+. The van der Waals surface area contributed by atoms with Crippen molar-refractivity contribution < 1.29 is 18.5 Å². The first-order chi connectivity index (χ1) is 11.8. The smallest absolute Gasteiger partial charge is 0.358 e. The van der Waals surface area contributed by atoms with E-state index >= 15 is 0 Å². The molecule has 0 radical (unpaired) electrons. The molecule has 0 atom stereocenters. The molecule has 0 aromatic carbocycles. The van der Waals surface area contributed by atoms with Gasteiger partial charge in [0.2, 0.25) is 0 Å². The van der Waals surface area contributed by atoms with Gasteiger partial charge in [0, 0.05) is 6.20 Å². The fraction of sp³-hybridized carbons (Fsp3) is 0.357. The summed E-state index contributed by atoms with van der Waals surface area (Å²) in [5.41, 5.74) is -1.22. The number of nitrogens with zero attached hydrogens (tertiary/aromatic N) is 4. The molecule has 3 rings (SSSR count). The summed E-state index contributed by atoms with van der Waals surface area (Å²) in [4.78, 5) is 18.0. The van der Waals surface area contributed by atoms with E-state index in [4.69, 9.17) is 23.2 Å². The lowest BCUT2D eigenvalue weighted by Gasteiger charge is -2.27. The number of pyridine rings is 1. The highest BCUT2D eigenvalue weighted by Gasteiger charge is 2.32. The zero-order valence-corrected chi connectivity index (χ0v) is 14.2. The Hall–Kier alpha value is -1.84. The minimum absolute atomic E-state index is 0.0744. The standard InChI is InChI=1S/C14H12Cl2F3N5O/c15-9-5-8(14(17,18)19)6-21-12(9)24-13(25)11(16)10(7-22-24)23-3-1-20-2-4-23/h5-7,20H,1-4H2/p+1. The third-order valence-corrected chi connectivity index (χ3v) is 4.43. The first-order valence-electron chi connectivity index (χ1n) is 7.36. The normalized spacial score (nSPS) is 15.5. The molecule has 0 amide bonds. The Balaban J connectivity index is 2.01. The first kappa shape index (κ1) is 18.0. The first-order valence-corrected chi connectivity index (χ1v) is 8.12. The fourth-order valence-corrected chi connectivity index (χ4v) is 3.02. The number of hydrogen-bond acceptors (Lipinski definition) is 4. The van der Waals surface area contributed by atoms with Crippen molar-refractivity contribution in [1.82, 2.24) is 14.8 Å². The molecule has 1 saturated heterocycles. The molecule has 3 heterocycles. The highest BCUT2D eigenvalue weighted by atomic mass is 35.5. The van der Waals surface area contributed by atoms with Crippen LogP contribution in [0.3, 0.4) is 0 Å². The van der Waals surface area contributed by atoms with Crippen LogP contribution in [0.5, 0.6) is 0 Å². The molecule has 2 N–H and O–H groups in total. The molecule has 0 aliphatic carbocycles. The van der Waals surface area contributed by atoms with E-state index in [1.807, 2.05) is 4.90 Å². The summed E-state index contributed by atoms with van der Waals surface area (Å²) in [6.45, 7) is 3.16. The summed E-state index contributed by atoms with van der Waals surface area (Å²) in [6.07, 6.45) is -2.59. The van der Waals surface area contributed by atoms with Crippen LogP contribution in [0.4, 0.5) is 18.9 Å². The maximum absolute atomic E-state index is 12.7. The minimum Gasteiger partial charge on any atom is -0.358 e. The lowest BCUT2D eigenvalue weighted by Crippen LogP contribution is -2.89. The third kappa shape index (κ3) is 3.58. The number of hydrogen-bond donors (Lipinski definition) is 1. The number of piperazine rings is 1. The van der Waals surface area contributed by atoms with Crippen molar-refractivity contribution in [2.45, 2.75) is 6.18 Å². The van der Waals surface area contributed by atoms with Gasteiger partial charge in [0.25, 0.3) is 5.56 Å². The number of rotatable bonds is 2. The van der Waals surface area contributed by atoms with Gasteiger partial charge in [-0.2, -0.15) is 23.0 Å². The average molecular weight is 395 g/mol. The molecule has 2 aromatic heterocycles. The number of halogens is 5. The molecule has 1 aliphatic heterocycles. The van der Waals surface area contributed by atoms with Gasteiger partial charge in [-0.15, -0.1) is 0 Å². The molecule has 11 heteroatoms. The van der Waals surface area contributed by atoms with Crippen LogP contribution >= 0.6 is 23.2 Å². The molecule has 0 unspecified atom stereocenters. The van der Waals surface area contributed by atoms with Crippen LogP contribution in [0.15, 0.2) is 23.3 Å². The molecule has 1 fully saturated rings. The Morgan fingerprint density at radius 1 is 1.16 bits per heavy atom. The molecule has 25 heavy (non-hydrogen) atoms. The Morgan fingerprint density at radius 3 is 2.44 bits per heavy atom. The van der Waals surface area contributed by atoms with Crippen LogP contribution < -0.4 is 15.8 Å². The number of nitrogens with two attached hydrogens (primary N) is 1. The van der Waals surface area contributed by atoms with Crippen molar-refractivity contribution in [2.24, 2.45) is 0 Å². The highest BCUT2D eigenvalue weighted by molar-refractivity contribution is 6.33. The lowest BCUT2D eigenvalue weighted by atomic mass is 10.2. The molecule has 6 nitrogen and oxygen atoms in total. The minimum atomic E-state index is -4.58. The van der Waals surface area contributed by atoms with E-state index in [1.54, 1.807) is 0 Å². The lowest BCUT2D eigenvalue weighted by molar-refractivity contribution is -0.655. The largest absolute Gasteiger partial charge is 0.417 e. The van der Waals surface area contributed by atoms with E-state index in [1.165, 1.54) is 6.20 Å². The van der Waals surface area contributed by atoms with Crippen molar-refractivity contribution in [3.8, 4) is 5.82 Å². The topological polar surface area (TPSA) is 67.6 Å². The summed E-state index contributed by atoms with van der Waals surface area (Å²) < 4.78 is 38.9. The van der Waals surface area contributed by atoms with Gasteiger partial charge in [-0.3, -0.25) is 4.79 Å². The Morgan fingerprint density at radius 2 is 1.84 bits per heavy atom. The monoisotopic (exact) mass is 394 g/mol. The highest BCUT2D eigenvalue weighted by Crippen LogP contribution is 2.31. The van der Waals surface area contributed by atoms with Gasteiger partial charge in [0.05, 0.1) is 48.6 Å². The molecule has 0 saturated carbocycles. The Labute approximate surface area is 150 Å². The van der Waals surface area contributed by atoms with E-state index in [9.17, 15) is 18.0 Å². The van der Waals surface area contributed by atoms with Gasteiger partial charge in [0.15, 0.2) is 5.82 Å². The second-order valence-electron chi connectivity index (χ2n) is 5.44. The number of quaternary nitrogens is 1. The van der Waals surface area contributed by atoms with Crippen molar-refractivity contribution in [2.75, 3.05) is 31.1 Å². The van der Waals surface area contributed by atoms with Gasteiger partial charge in [-0.05, 0) is 6.07 Å². The van der Waals surface area contributed by atoms with Gasteiger partial charge >= 0.3 is 6.18 Å². The number of alkyl halides is 3. The van der Waals surface area contributed by atoms with Crippen molar-refractivity contribution in [3.63, 3.8) is 0 Å². The molecule has 0 spiro atoms. The van der Waals surface area contributed by atoms with Crippen LogP contribution in [0.2, 0.25) is 10.0 Å². The zero-order valence-electron chi connectivity index (χ0n) is 12.7. The number of anilines is 1. The summed E-state index contributed by atoms with van der Waals surface area (Å²) in [6, 6.07) is 0.695. The van der Waals surface area contributed by atoms with Crippen LogP contribution in [0, 0.1) is 0 Å². The molecular weight excluding hydrogens is 382 g/mol. The van der Waals surface area contributed by atoms with E-state index in [0.717, 1.165) is 17.8 Å². The summed E-state index contributed by atoms with van der Waals surface area (Å²) in [7, 11) is 0. The number of aromatic nitrogens is 3. The maximum Gasteiger partial charge on any atom is 0.417 e. The van der Waals surface area contributed by atoms with Gasteiger partial charge in [0.1, 0.15) is 5.02 Å². The van der Waals surface area contributed by atoms with E-state index in [2.05, 4.69) is 15.4 Å². The maximum atomic E-state index is 12.7. The Kier molecular flexibility index (Phi) is 4.90. The van der Waals surface area contributed by atoms with E-state index in [-0.39, 0.29) is 15.9 Å². The molecule has 134 valence electrons. The second kappa shape index (κ2) is 6.81. The second-order valence-corrected chi connectivity index (χ2v) is 6.23. The van der Waals surface area contributed by atoms with E-state index in [0.29, 0.717) is 31.0 Å². The molecule has 1 aliphatic rings. The quantitative estimate of drug-likeness (QED) is 0.834. The summed E-state index contributed by atoms with van der Waals surface area (Å²) >= 11 is 12.0. The van der Waals surface area contributed by atoms with Gasteiger partial charge in [-0.1, -0.05) is 23.2 Å². The average Bonchev–Trinajstić information content (AvgIpc) is 2.57. The Bertz CT molecular complexity index is 849. The van der Waals surface area contributed by atoms with Crippen LogP contribution in [-0.4, -0.2) is 40.9 Å². The molecule has 0 bridgehead atoms. The SMILES string of the molecule is O=c1c(Cl)c(N2CC[NH2+]CC2)cnn1-c1ncc(C(F)(F)F)cc1Cl. The van der Waals surface area contributed by atoms with Crippen molar-refractivity contribution in [1.29, 1.82) is 0 Å². The van der Waals surface area contributed by atoms with E-state index < -0.39 is 17.3 Å². The van der Waals surface area contributed by atoms with Crippen molar-refractivity contribution in [3.05, 3.63) is 44.4 Å². The van der Waals surface area contributed by atoms with Crippen LogP contribution in [0.25, 0.3) is 5.82 Å². The fourth-order valence-electron chi connectivity index (χ4n) is 2.53.